The molecule has 56 valence electrons. The fourth-order valence-corrected chi connectivity index (χ4v) is 1.10. The Balaban J connectivity index is 2.38. The van der Waals surface area contributed by atoms with Gasteiger partial charge in [-0.1, -0.05) is 0 Å². The van der Waals surface area contributed by atoms with Crippen LogP contribution < -0.4 is 0 Å². The van der Waals surface area contributed by atoms with Crippen LogP contribution in [-0.4, -0.2) is 18.3 Å². The minimum absolute atomic E-state index is 0.269. The largest absolute Gasteiger partial charge is 0.469 e. The molecule has 3 nitrogen and oxygen atoms in total. The highest BCUT2D eigenvalue weighted by molar-refractivity contribution is 6.64. The van der Waals surface area contributed by atoms with Crippen LogP contribution in [0.15, 0.2) is 0 Å². The summed E-state index contributed by atoms with van der Waals surface area (Å²) in [6.07, 6.45) is 0.551. The van der Waals surface area contributed by atoms with E-state index in [0.717, 1.165) is 0 Å². The number of carbonyl (C=O) groups excluding carboxylic acids is 2. The van der Waals surface area contributed by atoms with Gasteiger partial charge in [0.2, 0.25) is 5.24 Å². The van der Waals surface area contributed by atoms with Crippen molar-refractivity contribution in [2.24, 2.45) is 11.8 Å². The fraction of sp³-hybridized carbons (Fsp3) is 0.667. The molecule has 0 radical (unpaired) electrons. The summed E-state index contributed by atoms with van der Waals surface area (Å²) in [4.78, 5) is 21.1. The van der Waals surface area contributed by atoms with Crippen molar-refractivity contribution < 1.29 is 14.3 Å². The van der Waals surface area contributed by atoms with E-state index in [-0.39, 0.29) is 17.8 Å². The lowest BCUT2D eigenvalue weighted by Gasteiger charge is -1.92. The van der Waals surface area contributed by atoms with Gasteiger partial charge in [0.05, 0.1) is 13.0 Å². The van der Waals surface area contributed by atoms with Gasteiger partial charge in [0.25, 0.3) is 0 Å². The highest BCUT2D eigenvalue weighted by Gasteiger charge is 2.48. The van der Waals surface area contributed by atoms with Gasteiger partial charge in [0.1, 0.15) is 0 Å². The zero-order valence-electron chi connectivity index (χ0n) is 5.46. The van der Waals surface area contributed by atoms with Crippen molar-refractivity contribution in [2.75, 3.05) is 7.11 Å². The number of halogens is 1. The highest BCUT2D eigenvalue weighted by Crippen LogP contribution is 2.40. The van der Waals surface area contributed by atoms with Crippen molar-refractivity contribution in [3.8, 4) is 0 Å². The Hall–Kier alpha value is -0.570. The molecule has 1 fully saturated rings. The molecule has 1 saturated carbocycles. The van der Waals surface area contributed by atoms with Gasteiger partial charge >= 0.3 is 5.97 Å². The van der Waals surface area contributed by atoms with E-state index in [1.54, 1.807) is 0 Å². The van der Waals surface area contributed by atoms with Crippen molar-refractivity contribution in [1.29, 1.82) is 0 Å². The molecule has 2 atom stereocenters. The van der Waals surface area contributed by atoms with Crippen LogP contribution in [0.25, 0.3) is 0 Å². The van der Waals surface area contributed by atoms with Gasteiger partial charge in [-0.25, -0.2) is 0 Å². The SMILES string of the molecule is COC(=O)[C@@H]1C[C@@H]1C(=O)Cl. The number of hydrogen-bond donors (Lipinski definition) is 0. The van der Waals surface area contributed by atoms with E-state index in [4.69, 9.17) is 11.6 Å². The maximum atomic E-state index is 10.7. The molecule has 10 heavy (non-hydrogen) atoms. The second-order valence-electron chi connectivity index (χ2n) is 2.28. The molecule has 0 unspecified atom stereocenters. The maximum Gasteiger partial charge on any atom is 0.309 e. The van der Waals surface area contributed by atoms with Crippen LogP contribution >= 0.6 is 11.6 Å². The number of hydrogen-bond acceptors (Lipinski definition) is 3. The Kier molecular flexibility index (Phi) is 1.94. The maximum absolute atomic E-state index is 10.7. The molecule has 0 aromatic heterocycles. The topological polar surface area (TPSA) is 43.4 Å². The van der Waals surface area contributed by atoms with Gasteiger partial charge in [0, 0.05) is 5.92 Å². The summed E-state index contributed by atoms with van der Waals surface area (Å²) in [5.74, 6) is -0.886. The lowest BCUT2D eigenvalue weighted by molar-refractivity contribution is -0.143. The number of carbonyl (C=O) groups is 2. The standard InChI is InChI=1S/C6H7ClO3/c1-10-6(9)4-2-3(4)5(7)8/h3-4H,2H2,1H3/t3-,4+/m0/s1. The highest BCUT2D eigenvalue weighted by atomic mass is 35.5. The summed E-state index contributed by atoms with van der Waals surface area (Å²) in [5.41, 5.74) is 0. The fourth-order valence-electron chi connectivity index (χ4n) is 0.858. The molecule has 1 aliphatic rings. The number of methoxy groups -OCH3 is 1. The number of esters is 1. The minimum Gasteiger partial charge on any atom is -0.469 e. The second kappa shape index (κ2) is 2.58. The third-order valence-corrected chi connectivity index (χ3v) is 1.87. The summed E-state index contributed by atoms with van der Waals surface area (Å²) in [7, 11) is 1.30. The van der Waals surface area contributed by atoms with Crippen molar-refractivity contribution >= 4 is 22.8 Å². The van der Waals surface area contributed by atoms with Gasteiger partial charge in [0.15, 0.2) is 0 Å². The molecule has 0 N–H and O–H groups in total. The molecule has 1 aliphatic carbocycles. The van der Waals surface area contributed by atoms with E-state index >= 15 is 0 Å². The van der Waals surface area contributed by atoms with Gasteiger partial charge in [-0.15, -0.1) is 0 Å². The van der Waals surface area contributed by atoms with Crippen LogP contribution in [0.1, 0.15) is 6.42 Å². The molecular weight excluding hydrogens is 156 g/mol. The average Bonchev–Trinajstić information content (AvgIpc) is 2.64. The Morgan fingerprint density at radius 2 is 2.10 bits per heavy atom. The van der Waals surface area contributed by atoms with Gasteiger partial charge in [-0.05, 0) is 18.0 Å². The van der Waals surface area contributed by atoms with E-state index in [9.17, 15) is 9.59 Å². The summed E-state index contributed by atoms with van der Waals surface area (Å²) >= 11 is 5.12. The predicted octanol–water partition coefficient (Wildman–Crippen LogP) is 0.561. The number of rotatable bonds is 2. The van der Waals surface area contributed by atoms with E-state index in [0.29, 0.717) is 6.42 Å². The lowest BCUT2D eigenvalue weighted by Crippen LogP contribution is -2.06. The molecule has 0 amide bonds. The van der Waals surface area contributed by atoms with Gasteiger partial charge in [-0.3, -0.25) is 9.59 Å². The summed E-state index contributed by atoms with van der Waals surface area (Å²) in [6.45, 7) is 0. The summed E-state index contributed by atoms with van der Waals surface area (Å²) in [5, 5.41) is -0.435. The molecule has 0 bridgehead atoms. The Morgan fingerprint density at radius 1 is 1.50 bits per heavy atom. The molecular formula is C6H7ClO3. The zero-order valence-corrected chi connectivity index (χ0v) is 6.22. The third-order valence-electron chi connectivity index (χ3n) is 1.59. The van der Waals surface area contributed by atoms with Crippen molar-refractivity contribution in [3.63, 3.8) is 0 Å². The van der Waals surface area contributed by atoms with Gasteiger partial charge < -0.3 is 4.74 Å². The van der Waals surface area contributed by atoms with Crippen LogP contribution in [0.3, 0.4) is 0 Å². The Bertz CT molecular complexity index is 178. The van der Waals surface area contributed by atoms with Crippen LogP contribution in [-0.2, 0) is 14.3 Å². The molecule has 0 spiro atoms. The van der Waals surface area contributed by atoms with Crippen LogP contribution in [0.4, 0.5) is 0 Å². The van der Waals surface area contributed by atoms with Crippen molar-refractivity contribution in [2.45, 2.75) is 6.42 Å². The minimum atomic E-state index is -0.435. The first-order valence-corrected chi connectivity index (χ1v) is 3.31. The lowest BCUT2D eigenvalue weighted by atomic mass is 10.3. The summed E-state index contributed by atoms with van der Waals surface area (Å²) in [6, 6.07) is 0. The molecule has 0 aliphatic heterocycles. The first-order chi connectivity index (χ1) is 4.66. The first kappa shape index (κ1) is 7.54. The van der Waals surface area contributed by atoms with Gasteiger partial charge in [-0.2, -0.15) is 0 Å². The van der Waals surface area contributed by atoms with Crippen molar-refractivity contribution in [1.82, 2.24) is 0 Å². The van der Waals surface area contributed by atoms with E-state index in [1.165, 1.54) is 7.11 Å². The molecule has 0 heterocycles. The smallest absolute Gasteiger partial charge is 0.309 e. The van der Waals surface area contributed by atoms with Crippen LogP contribution in [0.5, 0.6) is 0 Å². The van der Waals surface area contributed by atoms with E-state index in [2.05, 4.69) is 4.74 Å². The average molecular weight is 163 g/mol. The predicted molar refractivity (Wildman–Crippen MR) is 34.5 cm³/mol. The monoisotopic (exact) mass is 162 g/mol. The molecule has 1 rings (SSSR count). The molecule has 4 heteroatoms. The van der Waals surface area contributed by atoms with E-state index < -0.39 is 5.24 Å². The quantitative estimate of drug-likeness (QED) is 0.440. The Morgan fingerprint density at radius 3 is 2.40 bits per heavy atom. The number of ether oxygens (including phenoxy) is 1. The molecule has 0 saturated heterocycles. The van der Waals surface area contributed by atoms with Crippen molar-refractivity contribution in [3.05, 3.63) is 0 Å². The van der Waals surface area contributed by atoms with Crippen LogP contribution in [0, 0.1) is 11.8 Å². The summed E-state index contributed by atoms with van der Waals surface area (Å²) < 4.78 is 4.40. The van der Waals surface area contributed by atoms with Crippen LogP contribution in [0.2, 0.25) is 0 Å². The Labute approximate surface area is 63.3 Å². The zero-order chi connectivity index (χ0) is 7.72. The third kappa shape index (κ3) is 1.29. The molecule has 0 aromatic rings. The van der Waals surface area contributed by atoms with E-state index in [1.807, 2.05) is 0 Å². The second-order valence-corrected chi connectivity index (χ2v) is 2.65. The molecule has 0 aromatic carbocycles. The first-order valence-electron chi connectivity index (χ1n) is 2.94. The normalized spacial score (nSPS) is 29.4.